The van der Waals surface area contributed by atoms with Crippen molar-refractivity contribution in [3.8, 4) is 5.75 Å². The molecule has 0 saturated heterocycles. The standard InChI is InChI=1S/C27H25N2O3.BrH/c1-18(21-10-13-27-24(16-21)23-6-4-5-7-26(23)32-27)29-15-14-28(19(29)2)17-25(30)20-8-11-22(31-3)12-9-20;/h4-16,18H,17H2,1-3H3;1H/q+1;/p-1. The van der Waals surface area contributed by atoms with Gasteiger partial charge in [-0.1, -0.05) is 24.3 Å². The maximum atomic E-state index is 12.8. The molecule has 0 saturated carbocycles. The van der Waals surface area contributed by atoms with E-state index >= 15 is 0 Å². The summed E-state index contributed by atoms with van der Waals surface area (Å²) in [5, 5.41) is 2.25. The first kappa shape index (κ1) is 22.8. The minimum atomic E-state index is 0. The Morgan fingerprint density at radius 2 is 1.76 bits per heavy atom. The van der Waals surface area contributed by atoms with E-state index in [0.717, 1.165) is 33.5 Å². The van der Waals surface area contributed by atoms with Crippen molar-refractivity contribution >= 4 is 27.7 Å². The number of furan rings is 1. The number of halogens is 1. The topological polar surface area (TPSA) is 48.2 Å². The maximum Gasteiger partial charge on any atom is 0.254 e. The van der Waals surface area contributed by atoms with Crippen LogP contribution in [0.4, 0.5) is 0 Å². The Morgan fingerprint density at radius 1 is 1.03 bits per heavy atom. The van der Waals surface area contributed by atoms with E-state index in [1.807, 2.05) is 60.3 Å². The summed E-state index contributed by atoms with van der Waals surface area (Å²) >= 11 is 0. The molecule has 2 aromatic heterocycles. The third-order valence-corrected chi connectivity index (χ3v) is 6.22. The number of Topliss-reactive ketones (excluding diaryl/α,β-unsaturated/α-hetero) is 1. The van der Waals surface area contributed by atoms with Gasteiger partial charge in [-0.15, -0.1) is 0 Å². The summed E-state index contributed by atoms with van der Waals surface area (Å²) in [6.45, 7) is 4.51. The highest BCUT2D eigenvalue weighted by molar-refractivity contribution is 6.05. The zero-order chi connectivity index (χ0) is 22.2. The lowest BCUT2D eigenvalue weighted by Gasteiger charge is -2.11. The molecule has 6 heteroatoms. The van der Waals surface area contributed by atoms with E-state index in [0.29, 0.717) is 12.1 Å². The monoisotopic (exact) mass is 504 g/mol. The van der Waals surface area contributed by atoms with E-state index in [2.05, 4.69) is 29.7 Å². The van der Waals surface area contributed by atoms with Crippen molar-refractivity contribution in [3.63, 3.8) is 0 Å². The van der Waals surface area contributed by atoms with Crippen molar-refractivity contribution in [2.75, 3.05) is 7.11 Å². The molecule has 0 aliphatic heterocycles. The molecular formula is C27H25BrN2O3. The van der Waals surface area contributed by atoms with Gasteiger partial charge in [-0.2, -0.15) is 0 Å². The first-order valence-corrected chi connectivity index (χ1v) is 10.7. The van der Waals surface area contributed by atoms with Crippen LogP contribution < -0.4 is 26.3 Å². The van der Waals surface area contributed by atoms with Crippen LogP contribution in [0.3, 0.4) is 0 Å². The molecule has 5 aromatic rings. The Labute approximate surface area is 203 Å². The van der Waals surface area contributed by atoms with E-state index in [1.165, 1.54) is 5.56 Å². The van der Waals surface area contributed by atoms with E-state index in [9.17, 15) is 4.79 Å². The molecule has 0 aliphatic carbocycles. The number of ketones is 1. The van der Waals surface area contributed by atoms with Gasteiger partial charge in [0.25, 0.3) is 5.82 Å². The summed E-state index contributed by atoms with van der Waals surface area (Å²) in [6, 6.07) is 21.8. The van der Waals surface area contributed by atoms with Crippen molar-refractivity contribution in [2.45, 2.75) is 26.4 Å². The first-order chi connectivity index (χ1) is 15.5. The molecule has 1 atom stereocenters. The normalized spacial score (nSPS) is 12.0. The van der Waals surface area contributed by atoms with Gasteiger partial charge in [0.15, 0.2) is 6.54 Å². The van der Waals surface area contributed by atoms with Gasteiger partial charge in [-0.3, -0.25) is 4.79 Å². The molecular weight excluding hydrogens is 480 g/mol. The minimum absolute atomic E-state index is 0. The zero-order valence-corrected chi connectivity index (χ0v) is 20.4. The zero-order valence-electron chi connectivity index (χ0n) is 18.8. The van der Waals surface area contributed by atoms with Crippen LogP contribution in [-0.2, 0) is 6.54 Å². The number of fused-ring (bicyclic) bond motifs is 3. The number of methoxy groups -OCH3 is 1. The lowest BCUT2D eigenvalue weighted by Crippen LogP contribution is -3.00. The Balaban J connectivity index is 0.00000259. The van der Waals surface area contributed by atoms with Crippen LogP contribution in [0.1, 0.15) is 34.7 Å². The maximum absolute atomic E-state index is 12.8. The summed E-state index contributed by atoms with van der Waals surface area (Å²) in [5.41, 5.74) is 3.66. The number of aromatic nitrogens is 2. The van der Waals surface area contributed by atoms with E-state index in [4.69, 9.17) is 9.15 Å². The number of imidazole rings is 1. The third kappa shape index (κ3) is 4.18. The second kappa shape index (κ2) is 9.24. The Morgan fingerprint density at radius 3 is 2.52 bits per heavy atom. The molecule has 0 bridgehead atoms. The number of carbonyl (C=O) groups is 1. The number of nitrogens with zero attached hydrogens (tertiary/aromatic N) is 2. The lowest BCUT2D eigenvalue weighted by molar-refractivity contribution is -0.688. The molecule has 0 radical (unpaired) electrons. The summed E-state index contributed by atoms with van der Waals surface area (Å²) in [7, 11) is 1.62. The number of ether oxygens (including phenoxy) is 1. The average Bonchev–Trinajstić information content (AvgIpc) is 3.38. The molecule has 5 nitrogen and oxygen atoms in total. The fraction of sp³-hybridized carbons (Fsp3) is 0.185. The second-order valence-corrected chi connectivity index (χ2v) is 8.06. The van der Waals surface area contributed by atoms with E-state index in [1.54, 1.807) is 19.2 Å². The smallest absolute Gasteiger partial charge is 0.254 e. The van der Waals surface area contributed by atoms with Crippen LogP contribution in [0.25, 0.3) is 21.9 Å². The largest absolute Gasteiger partial charge is 1.00 e. The first-order valence-electron chi connectivity index (χ1n) is 10.7. The number of benzene rings is 3. The molecule has 1 unspecified atom stereocenters. The van der Waals surface area contributed by atoms with Crippen LogP contribution in [-0.4, -0.2) is 17.5 Å². The minimum Gasteiger partial charge on any atom is -1.00 e. The molecule has 0 aliphatic rings. The van der Waals surface area contributed by atoms with Gasteiger partial charge in [-0.05, 0) is 55.0 Å². The predicted molar refractivity (Wildman–Crippen MR) is 124 cm³/mol. The summed E-state index contributed by atoms with van der Waals surface area (Å²) < 4.78 is 15.3. The summed E-state index contributed by atoms with van der Waals surface area (Å²) in [5.74, 6) is 1.83. The van der Waals surface area contributed by atoms with Crippen molar-refractivity contribution in [2.24, 2.45) is 0 Å². The fourth-order valence-electron chi connectivity index (χ4n) is 4.28. The van der Waals surface area contributed by atoms with Crippen molar-refractivity contribution in [1.82, 2.24) is 4.57 Å². The molecule has 168 valence electrons. The molecule has 5 rings (SSSR count). The number of hydrogen-bond donors (Lipinski definition) is 0. The Bertz CT molecular complexity index is 1430. The highest BCUT2D eigenvalue weighted by Gasteiger charge is 2.22. The van der Waals surface area contributed by atoms with Crippen molar-refractivity contribution in [3.05, 3.63) is 96.1 Å². The molecule has 2 heterocycles. The van der Waals surface area contributed by atoms with Gasteiger partial charge in [0, 0.05) is 23.3 Å². The average molecular weight is 505 g/mol. The summed E-state index contributed by atoms with van der Waals surface area (Å²) in [4.78, 5) is 12.8. The van der Waals surface area contributed by atoms with Gasteiger partial charge in [0.2, 0.25) is 5.78 Å². The van der Waals surface area contributed by atoms with Crippen LogP contribution in [0, 0.1) is 6.92 Å². The van der Waals surface area contributed by atoms with Crippen LogP contribution >= 0.6 is 0 Å². The number of rotatable bonds is 6. The Kier molecular flexibility index (Phi) is 6.38. The van der Waals surface area contributed by atoms with Crippen LogP contribution in [0.5, 0.6) is 5.75 Å². The predicted octanol–water partition coefficient (Wildman–Crippen LogP) is 2.49. The molecule has 3 aromatic carbocycles. The van der Waals surface area contributed by atoms with Crippen molar-refractivity contribution < 1.29 is 35.5 Å². The molecule has 33 heavy (non-hydrogen) atoms. The fourth-order valence-corrected chi connectivity index (χ4v) is 4.28. The summed E-state index contributed by atoms with van der Waals surface area (Å²) in [6.07, 6.45) is 4.01. The SMILES string of the molecule is COc1ccc(C(=O)C[n+]2ccn(C(C)c3ccc4oc5ccccc5c4c3)c2C)cc1.[Br-]. The van der Waals surface area contributed by atoms with Gasteiger partial charge in [0.1, 0.15) is 35.4 Å². The quantitative estimate of drug-likeness (QED) is 0.263. The highest BCUT2D eigenvalue weighted by Crippen LogP contribution is 2.31. The van der Waals surface area contributed by atoms with Gasteiger partial charge < -0.3 is 26.1 Å². The highest BCUT2D eigenvalue weighted by atomic mass is 79.9. The number of carbonyl (C=O) groups excluding carboxylic acids is 1. The number of hydrogen-bond acceptors (Lipinski definition) is 3. The number of para-hydroxylation sites is 1. The van der Waals surface area contributed by atoms with E-state index in [-0.39, 0.29) is 28.8 Å². The molecule has 0 fully saturated rings. The lowest BCUT2D eigenvalue weighted by atomic mass is 10.0. The second-order valence-electron chi connectivity index (χ2n) is 8.06. The van der Waals surface area contributed by atoms with Crippen LogP contribution in [0.15, 0.2) is 83.5 Å². The molecule has 0 N–H and O–H groups in total. The van der Waals surface area contributed by atoms with Crippen molar-refractivity contribution in [1.29, 1.82) is 0 Å². The van der Waals surface area contributed by atoms with E-state index < -0.39 is 0 Å². The van der Waals surface area contributed by atoms with Gasteiger partial charge in [0.05, 0.1) is 7.11 Å². The van der Waals surface area contributed by atoms with Gasteiger partial charge in [-0.25, -0.2) is 9.13 Å². The van der Waals surface area contributed by atoms with Crippen LogP contribution in [0.2, 0.25) is 0 Å². The Hall–Kier alpha value is -3.38. The molecule has 0 amide bonds. The van der Waals surface area contributed by atoms with Gasteiger partial charge >= 0.3 is 0 Å². The third-order valence-electron chi connectivity index (χ3n) is 6.22. The molecule has 0 spiro atoms.